The Morgan fingerprint density at radius 1 is 1.18 bits per heavy atom. The highest BCUT2D eigenvalue weighted by atomic mass is 32.1. The molecule has 0 unspecified atom stereocenters. The van der Waals surface area contributed by atoms with Crippen molar-refractivity contribution in [3.05, 3.63) is 84.3 Å². The van der Waals surface area contributed by atoms with Gasteiger partial charge >= 0.3 is 5.97 Å². The van der Waals surface area contributed by atoms with Crippen molar-refractivity contribution in [2.24, 2.45) is 0 Å². The van der Waals surface area contributed by atoms with Crippen molar-refractivity contribution < 1.29 is 14.3 Å². The van der Waals surface area contributed by atoms with Crippen LogP contribution in [0.2, 0.25) is 0 Å². The number of nitrogens with zero attached hydrogens (tertiary/aromatic N) is 2. The van der Waals surface area contributed by atoms with E-state index in [1.807, 2.05) is 32.0 Å². The quantitative estimate of drug-likeness (QED) is 0.567. The second kappa shape index (κ2) is 10.6. The Hall–Kier alpha value is -3.96. The molecule has 0 saturated carbocycles. The second-order valence-electron chi connectivity index (χ2n) is 7.27. The lowest BCUT2D eigenvalue weighted by Crippen LogP contribution is -2.36. The molecule has 1 heterocycles. The van der Waals surface area contributed by atoms with Crippen LogP contribution in [0.1, 0.15) is 29.2 Å². The summed E-state index contributed by atoms with van der Waals surface area (Å²) in [5, 5.41) is 11.8. The number of hydrogen-bond acceptors (Lipinski definition) is 6. The average Bonchev–Trinajstić information content (AvgIpc) is 3.06. The van der Waals surface area contributed by atoms with Crippen LogP contribution in [-0.4, -0.2) is 23.1 Å². The fourth-order valence-corrected chi connectivity index (χ4v) is 4.13. The van der Waals surface area contributed by atoms with E-state index in [2.05, 4.69) is 5.32 Å². The van der Waals surface area contributed by atoms with Crippen LogP contribution in [0.3, 0.4) is 0 Å². The first-order valence-corrected chi connectivity index (χ1v) is 11.1. The lowest BCUT2D eigenvalue weighted by molar-refractivity contribution is -0.135. The fourth-order valence-electron chi connectivity index (χ4n) is 3.10. The van der Waals surface area contributed by atoms with Gasteiger partial charge in [0.15, 0.2) is 0 Å². The minimum atomic E-state index is -0.590. The second-order valence-corrected chi connectivity index (χ2v) is 8.33. The molecule has 0 fully saturated rings. The number of amides is 1. The lowest BCUT2D eigenvalue weighted by atomic mass is 10.1. The van der Waals surface area contributed by atoms with Crippen molar-refractivity contribution in [3.8, 4) is 6.07 Å². The number of esters is 1. The maximum Gasteiger partial charge on any atom is 0.333 e. The minimum absolute atomic E-state index is 0.197. The number of thiazole rings is 1. The van der Waals surface area contributed by atoms with E-state index >= 15 is 0 Å². The molecule has 1 N–H and O–H groups in total. The molecule has 0 spiro atoms. The Morgan fingerprint density at radius 3 is 2.58 bits per heavy atom. The number of ether oxygens (including phenoxy) is 1. The molecule has 8 heteroatoms. The molecule has 0 aliphatic carbocycles. The van der Waals surface area contributed by atoms with Gasteiger partial charge in [-0.2, -0.15) is 5.26 Å². The van der Waals surface area contributed by atoms with Gasteiger partial charge in [-0.3, -0.25) is 14.2 Å². The summed E-state index contributed by atoms with van der Waals surface area (Å²) >= 11 is 1.09. The SMILES string of the molecule is CCOC(=O)/C=c1\s/c(=C\c2ccc(C#N)cc2)c(=O)n1CC(=O)Nc1cccc(C)c1C. The predicted octanol–water partition coefficient (Wildman–Crippen LogP) is 2.21. The van der Waals surface area contributed by atoms with Gasteiger partial charge in [0, 0.05) is 5.69 Å². The van der Waals surface area contributed by atoms with E-state index < -0.39 is 11.5 Å². The van der Waals surface area contributed by atoms with E-state index in [4.69, 9.17) is 10.00 Å². The van der Waals surface area contributed by atoms with E-state index in [9.17, 15) is 14.4 Å². The van der Waals surface area contributed by atoms with E-state index in [1.165, 1.54) is 10.6 Å². The summed E-state index contributed by atoms with van der Waals surface area (Å²) in [6, 6.07) is 14.4. The summed E-state index contributed by atoms with van der Waals surface area (Å²) in [7, 11) is 0. The van der Waals surface area contributed by atoms with Crippen LogP contribution in [0.15, 0.2) is 47.3 Å². The number of nitriles is 1. The Morgan fingerprint density at radius 2 is 1.91 bits per heavy atom. The molecule has 0 aliphatic rings. The van der Waals surface area contributed by atoms with Gasteiger partial charge in [-0.1, -0.05) is 24.3 Å². The standard InChI is InChI=1S/C25H23N3O4S/c1-4-32-24(30)13-23-28(15-22(29)27-20-7-5-6-16(2)17(20)3)25(31)21(33-23)12-18-8-10-19(14-26)11-9-18/h5-13H,4,15H2,1-3H3,(H,27,29)/b21-12-,23-13-. The van der Waals surface area contributed by atoms with Crippen LogP contribution in [0.5, 0.6) is 0 Å². The zero-order valence-corrected chi connectivity index (χ0v) is 19.4. The molecule has 0 bridgehead atoms. The normalized spacial score (nSPS) is 11.8. The number of rotatable bonds is 6. The lowest BCUT2D eigenvalue weighted by Gasteiger charge is -2.10. The minimum Gasteiger partial charge on any atom is -0.463 e. The summed E-state index contributed by atoms with van der Waals surface area (Å²) in [6.07, 6.45) is 2.88. The first kappa shape index (κ1) is 23.7. The molecular formula is C25H23N3O4S. The number of nitrogens with one attached hydrogen (secondary N) is 1. The monoisotopic (exact) mass is 461 g/mol. The molecule has 3 aromatic rings. The van der Waals surface area contributed by atoms with Crippen LogP contribution in [0.4, 0.5) is 5.69 Å². The van der Waals surface area contributed by atoms with Gasteiger partial charge in [0.1, 0.15) is 11.2 Å². The molecule has 33 heavy (non-hydrogen) atoms. The number of anilines is 1. The first-order valence-electron chi connectivity index (χ1n) is 10.3. The third-order valence-corrected chi connectivity index (χ3v) is 6.04. The van der Waals surface area contributed by atoms with Crippen molar-refractivity contribution >= 4 is 41.1 Å². The van der Waals surface area contributed by atoms with Gasteiger partial charge in [-0.05, 0) is 61.7 Å². The van der Waals surface area contributed by atoms with Crippen molar-refractivity contribution in [3.63, 3.8) is 0 Å². The highest BCUT2D eigenvalue weighted by Crippen LogP contribution is 2.17. The smallest absolute Gasteiger partial charge is 0.333 e. The number of carbonyl (C=O) groups excluding carboxylic acids is 2. The first-order chi connectivity index (χ1) is 15.8. The maximum absolute atomic E-state index is 13.1. The highest BCUT2D eigenvalue weighted by molar-refractivity contribution is 7.07. The summed E-state index contributed by atoms with van der Waals surface area (Å²) in [4.78, 5) is 37.9. The third-order valence-electron chi connectivity index (χ3n) is 4.98. The van der Waals surface area contributed by atoms with E-state index in [0.29, 0.717) is 20.4 Å². The van der Waals surface area contributed by atoms with Crippen LogP contribution >= 0.6 is 11.3 Å². The van der Waals surface area contributed by atoms with Gasteiger partial charge in [0.2, 0.25) is 5.91 Å². The molecule has 0 radical (unpaired) electrons. The van der Waals surface area contributed by atoms with Crippen LogP contribution < -0.4 is 20.1 Å². The van der Waals surface area contributed by atoms with Crippen molar-refractivity contribution in [2.75, 3.05) is 11.9 Å². The maximum atomic E-state index is 13.1. The summed E-state index contributed by atoms with van der Waals surface area (Å²) < 4.78 is 6.91. The van der Waals surface area contributed by atoms with E-state index in [-0.39, 0.29) is 19.1 Å². The van der Waals surface area contributed by atoms with Crippen molar-refractivity contribution in [1.29, 1.82) is 5.26 Å². The highest BCUT2D eigenvalue weighted by Gasteiger charge is 2.12. The number of benzene rings is 2. The summed E-state index contributed by atoms with van der Waals surface area (Å²) in [5.41, 5.74) is 3.49. The molecule has 3 rings (SSSR count). The Balaban J connectivity index is 2.01. The van der Waals surface area contributed by atoms with E-state index in [0.717, 1.165) is 28.0 Å². The van der Waals surface area contributed by atoms with Crippen molar-refractivity contribution in [1.82, 2.24) is 4.57 Å². The largest absolute Gasteiger partial charge is 0.463 e. The molecule has 0 aliphatic heterocycles. The summed E-state index contributed by atoms with van der Waals surface area (Å²) in [6.45, 7) is 5.49. The predicted molar refractivity (Wildman–Crippen MR) is 128 cm³/mol. The van der Waals surface area contributed by atoms with Crippen LogP contribution in [-0.2, 0) is 20.9 Å². The van der Waals surface area contributed by atoms with Gasteiger partial charge in [0.25, 0.3) is 5.56 Å². The van der Waals surface area contributed by atoms with Crippen LogP contribution in [0.25, 0.3) is 12.2 Å². The van der Waals surface area contributed by atoms with Gasteiger partial charge in [-0.25, -0.2) is 4.79 Å². The molecular weight excluding hydrogens is 438 g/mol. The Kier molecular flexibility index (Phi) is 7.59. The topological polar surface area (TPSA) is 101 Å². The number of carbonyl (C=O) groups is 2. The molecule has 0 saturated heterocycles. The zero-order valence-electron chi connectivity index (χ0n) is 18.5. The molecule has 0 atom stereocenters. The van der Waals surface area contributed by atoms with Gasteiger partial charge in [0.05, 0.1) is 28.8 Å². The molecule has 168 valence electrons. The molecule has 7 nitrogen and oxygen atoms in total. The average molecular weight is 462 g/mol. The zero-order chi connectivity index (χ0) is 24.0. The fraction of sp³-hybridized carbons (Fsp3) is 0.200. The molecule has 2 aromatic carbocycles. The molecule has 1 amide bonds. The van der Waals surface area contributed by atoms with Crippen molar-refractivity contribution in [2.45, 2.75) is 27.3 Å². The summed E-state index contributed by atoms with van der Waals surface area (Å²) in [5.74, 6) is -0.973. The Bertz CT molecular complexity index is 1410. The third kappa shape index (κ3) is 5.84. The van der Waals surface area contributed by atoms with Crippen LogP contribution in [0, 0.1) is 25.2 Å². The number of aryl methyl sites for hydroxylation is 1. The van der Waals surface area contributed by atoms with Gasteiger partial charge < -0.3 is 10.1 Å². The Labute approximate surface area is 194 Å². The number of hydrogen-bond donors (Lipinski definition) is 1. The number of aromatic nitrogens is 1. The molecule has 1 aromatic heterocycles. The van der Waals surface area contributed by atoms with Gasteiger partial charge in [-0.15, -0.1) is 11.3 Å². The van der Waals surface area contributed by atoms with E-state index in [1.54, 1.807) is 43.3 Å².